The van der Waals surface area contributed by atoms with E-state index in [1.54, 1.807) is 0 Å². The van der Waals surface area contributed by atoms with Crippen LogP contribution in [-0.4, -0.2) is 55.1 Å². The SMILES string of the molecule is CCCC(CN)N1CCN(CCc2ccccc2)CC1. The van der Waals surface area contributed by atoms with E-state index in [1.807, 2.05) is 0 Å². The first-order chi connectivity index (χ1) is 9.83. The van der Waals surface area contributed by atoms with Crippen molar-refractivity contribution in [3.8, 4) is 0 Å². The molecule has 0 saturated carbocycles. The molecule has 3 heteroatoms. The largest absolute Gasteiger partial charge is 0.329 e. The fourth-order valence-electron chi connectivity index (χ4n) is 3.07. The van der Waals surface area contributed by atoms with Gasteiger partial charge in [0.2, 0.25) is 0 Å². The molecule has 0 spiro atoms. The molecular formula is C17H29N3. The summed E-state index contributed by atoms with van der Waals surface area (Å²) in [6.07, 6.45) is 3.63. The minimum atomic E-state index is 0.594. The third-order valence-corrected chi connectivity index (χ3v) is 4.38. The lowest BCUT2D eigenvalue weighted by molar-refractivity contribution is 0.0953. The minimum absolute atomic E-state index is 0.594. The maximum atomic E-state index is 5.90. The van der Waals surface area contributed by atoms with Gasteiger partial charge in [-0.1, -0.05) is 43.7 Å². The molecule has 20 heavy (non-hydrogen) atoms. The normalized spacial score (nSPS) is 19.1. The van der Waals surface area contributed by atoms with E-state index >= 15 is 0 Å². The Labute approximate surface area is 123 Å². The first-order valence-electron chi connectivity index (χ1n) is 8.04. The van der Waals surface area contributed by atoms with E-state index in [0.29, 0.717) is 6.04 Å². The first-order valence-corrected chi connectivity index (χ1v) is 8.04. The highest BCUT2D eigenvalue weighted by molar-refractivity contribution is 5.14. The van der Waals surface area contributed by atoms with Crippen LogP contribution in [0.1, 0.15) is 25.3 Å². The summed E-state index contributed by atoms with van der Waals surface area (Å²) in [6, 6.07) is 11.4. The van der Waals surface area contributed by atoms with Crippen LogP contribution in [0.3, 0.4) is 0 Å². The van der Waals surface area contributed by atoms with Gasteiger partial charge in [0, 0.05) is 45.3 Å². The molecule has 112 valence electrons. The van der Waals surface area contributed by atoms with Crippen molar-refractivity contribution in [1.29, 1.82) is 0 Å². The zero-order valence-corrected chi connectivity index (χ0v) is 12.8. The molecule has 0 amide bonds. The third-order valence-electron chi connectivity index (χ3n) is 4.38. The van der Waals surface area contributed by atoms with Gasteiger partial charge in [0.05, 0.1) is 0 Å². The van der Waals surface area contributed by atoms with Crippen LogP contribution in [0.4, 0.5) is 0 Å². The molecule has 0 aliphatic carbocycles. The number of piperazine rings is 1. The summed E-state index contributed by atoms with van der Waals surface area (Å²) >= 11 is 0. The van der Waals surface area contributed by atoms with Gasteiger partial charge in [0.25, 0.3) is 0 Å². The maximum Gasteiger partial charge on any atom is 0.0219 e. The van der Waals surface area contributed by atoms with Crippen LogP contribution in [0.15, 0.2) is 30.3 Å². The highest BCUT2D eigenvalue weighted by Gasteiger charge is 2.21. The summed E-state index contributed by atoms with van der Waals surface area (Å²) in [5, 5.41) is 0. The molecule has 1 fully saturated rings. The van der Waals surface area contributed by atoms with E-state index in [-0.39, 0.29) is 0 Å². The van der Waals surface area contributed by atoms with Crippen LogP contribution in [0.2, 0.25) is 0 Å². The second-order valence-electron chi connectivity index (χ2n) is 5.79. The molecule has 0 bridgehead atoms. The number of rotatable bonds is 7. The summed E-state index contributed by atoms with van der Waals surface area (Å²) in [4.78, 5) is 5.17. The van der Waals surface area contributed by atoms with Crippen LogP contribution < -0.4 is 5.73 Å². The second-order valence-corrected chi connectivity index (χ2v) is 5.79. The second kappa shape index (κ2) is 8.40. The molecule has 1 aromatic rings. The Hall–Kier alpha value is -0.900. The Kier molecular flexibility index (Phi) is 6.51. The third kappa shape index (κ3) is 4.58. The van der Waals surface area contributed by atoms with E-state index in [2.05, 4.69) is 47.1 Å². The number of hydrogen-bond acceptors (Lipinski definition) is 3. The van der Waals surface area contributed by atoms with Crippen LogP contribution in [0.25, 0.3) is 0 Å². The monoisotopic (exact) mass is 275 g/mol. The topological polar surface area (TPSA) is 32.5 Å². The zero-order valence-electron chi connectivity index (χ0n) is 12.8. The molecule has 1 heterocycles. The smallest absolute Gasteiger partial charge is 0.0219 e. The fourth-order valence-corrected chi connectivity index (χ4v) is 3.07. The minimum Gasteiger partial charge on any atom is -0.329 e. The summed E-state index contributed by atoms with van der Waals surface area (Å²) in [5.74, 6) is 0. The highest BCUT2D eigenvalue weighted by atomic mass is 15.3. The number of hydrogen-bond donors (Lipinski definition) is 1. The van der Waals surface area contributed by atoms with Crippen molar-refractivity contribution in [3.63, 3.8) is 0 Å². The van der Waals surface area contributed by atoms with Crippen LogP contribution in [0, 0.1) is 0 Å². The van der Waals surface area contributed by atoms with Crippen LogP contribution in [0.5, 0.6) is 0 Å². The lowest BCUT2D eigenvalue weighted by Gasteiger charge is -2.39. The molecule has 1 unspecified atom stereocenters. The van der Waals surface area contributed by atoms with Crippen molar-refractivity contribution < 1.29 is 0 Å². The van der Waals surface area contributed by atoms with Gasteiger partial charge in [-0.05, 0) is 18.4 Å². The molecule has 3 nitrogen and oxygen atoms in total. The van der Waals surface area contributed by atoms with E-state index in [1.165, 1.54) is 51.1 Å². The van der Waals surface area contributed by atoms with Crippen molar-refractivity contribution >= 4 is 0 Å². The van der Waals surface area contributed by atoms with Gasteiger partial charge in [-0.25, -0.2) is 0 Å². The Morgan fingerprint density at radius 1 is 1.10 bits per heavy atom. The zero-order chi connectivity index (χ0) is 14.2. The van der Waals surface area contributed by atoms with Crippen molar-refractivity contribution in [2.45, 2.75) is 32.2 Å². The summed E-state index contributed by atoms with van der Waals surface area (Å²) < 4.78 is 0. The van der Waals surface area contributed by atoms with Crippen LogP contribution in [-0.2, 0) is 6.42 Å². The van der Waals surface area contributed by atoms with E-state index < -0.39 is 0 Å². The number of nitrogens with zero attached hydrogens (tertiary/aromatic N) is 2. The van der Waals surface area contributed by atoms with Gasteiger partial charge in [-0.3, -0.25) is 4.90 Å². The molecule has 2 rings (SSSR count). The fraction of sp³-hybridized carbons (Fsp3) is 0.647. The van der Waals surface area contributed by atoms with Gasteiger partial charge in [-0.15, -0.1) is 0 Å². The standard InChI is InChI=1S/C17H29N3/c1-2-6-17(15-18)20-13-11-19(12-14-20)10-9-16-7-4-3-5-8-16/h3-5,7-8,17H,2,6,9-15,18H2,1H3. The molecule has 1 aliphatic rings. The average molecular weight is 275 g/mol. The average Bonchev–Trinajstić information content (AvgIpc) is 2.52. The van der Waals surface area contributed by atoms with E-state index in [9.17, 15) is 0 Å². The molecule has 1 aromatic carbocycles. The van der Waals surface area contributed by atoms with E-state index in [0.717, 1.165) is 13.0 Å². The maximum absolute atomic E-state index is 5.90. The quantitative estimate of drug-likeness (QED) is 0.826. The van der Waals surface area contributed by atoms with Gasteiger partial charge in [0.1, 0.15) is 0 Å². The molecular weight excluding hydrogens is 246 g/mol. The Morgan fingerprint density at radius 2 is 1.80 bits per heavy atom. The van der Waals surface area contributed by atoms with Gasteiger partial charge in [0.15, 0.2) is 0 Å². The molecule has 1 atom stereocenters. The van der Waals surface area contributed by atoms with Crippen molar-refractivity contribution in [2.75, 3.05) is 39.3 Å². The molecule has 1 aliphatic heterocycles. The Balaban J connectivity index is 1.71. The van der Waals surface area contributed by atoms with Crippen LogP contribution >= 0.6 is 0 Å². The molecule has 1 saturated heterocycles. The van der Waals surface area contributed by atoms with Crippen molar-refractivity contribution in [1.82, 2.24) is 9.80 Å². The highest BCUT2D eigenvalue weighted by Crippen LogP contribution is 2.11. The summed E-state index contributed by atoms with van der Waals surface area (Å²) in [5.41, 5.74) is 7.35. The lowest BCUT2D eigenvalue weighted by Crippen LogP contribution is -2.52. The van der Waals surface area contributed by atoms with Crippen molar-refractivity contribution in [2.24, 2.45) is 5.73 Å². The summed E-state index contributed by atoms with van der Waals surface area (Å²) in [7, 11) is 0. The molecule has 0 aromatic heterocycles. The first kappa shape index (κ1) is 15.5. The predicted octanol–water partition coefficient (Wildman–Crippen LogP) is 1.97. The molecule has 2 N–H and O–H groups in total. The van der Waals surface area contributed by atoms with Gasteiger partial charge in [-0.2, -0.15) is 0 Å². The van der Waals surface area contributed by atoms with Crippen molar-refractivity contribution in [3.05, 3.63) is 35.9 Å². The Morgan fingerprint density at radius 3 is 2.40 bits per heavy atom. The van der Waals surface area contributed by atoms with Gasteiger partial charge < -0.3 is 10.6 Å². The van der Waals surface area contributed by atoms with Gasteiger partial charge >= 0.3 is 0 Å². The molecule has 0 radical (unpaired) electrons. The Bertz CT molecular complexity index is 358. The number of benzene rings is 1. The number of nitrogens with two attached hydrogens (primary N) is 1. The lowest BCUT2D eigenvalue weighted by atomic mass is 10.1. The predicted molar refractivity (Wildman–Crippen MR) is 85.9 cm³/mol. The van der Waals surface area contributed by atoms with E-state index in [4.69, 9.17) is 5.73 Å². The summed E-state index contributed by atoms with van der Waals surface area (Å²) in [6.45, 7) is 8.96.